The average molecular weight is 289 g/mol. The number of hydrogen-bond donors (Lipinski definition) is 0. The quantitative estimate of drug-likeness (QED) is 0.690. The topological polar surface area (TPSA) is 30.2 Å². The fourth-order valence-electron chi connectivity index (χ4n) is 1.77. The second-order valence-corrected chi connectivity index (χ2v) is 5.54. The Kier molecular flexibility index (Phi) is 3.32. The van der Waals surface area contributed by atoms with Crippen LogP contribution >= 0.6 is 23.4 Å². The largest absolute Gasteiger partial charge is 0.463 e. The minimum atomic E-state index is -0.0578. The Hall–Kier alpha value is -1.71. The lowest BCUT2D eigenvalue weighted by Crippen LogP contribution is -2.03. The molecule has 0 radical (unpaired) electrons. The highest BCUT2D eigenvalue weighted by molar-refractivity contribution is 7.99. The third-order valence-electron chi connectivity index (χ3n) is 2.67. The van der Waals surface area contributed by atoms with E-state index in [9.17, 15) is 4.79 Å². The zero-order chi connectivity index (χ0) is 13.2. The van der Waals surface area contributed by atoms with Gasteiger partial charge in [0, 0.05) is 9.92 Å². The molecule has 3 rings (SSSR count). The molecule has 0 fully saturated rings. The maximum Gasteiger partial charge on any atom is 0.206 e. The number of rotatable bonds is 2. The summed E-state index contributed by atoms with van der Waals surface area (Å²) in [5, 5.41) is 1.04. The Morgan fingerprint density at radius 2 is 1.84 bits per heavy atom. The van der Waals surface area contributed by atoms with Crippen LogP contribution in [0.4, 0.5) is 0 Å². The van der Waals surface area contributed by atoms with Crippen molar-refractivity contribution in [2.75, 3.05) is 0 Å². The molecular formula is C15H9ClO2S. The Balaban J connectivity index is 2.10. The molecule has 0 atom stereocenters. The summed E-state index contributed by atoms with van der Waals surface area (Å²) in [7, 11) is 0. The molecule has 19 heavy (non-hydrogen) atoms. The molecule has 0 N–H and O–H groups in total. The zero-order valence-electron chi connectivity index (χ0n) is 9.80. The van der Waals surface area contributed by atoms with Gasteiger partial charge in [-0.2, -0.15) is 0 Å². The summed E-state index contributed by atoms with van der Waals surface area (Å²) in [5.74, 6) is 0. The Labute approximate surface area is 119 Å². The van der Waals surface area contributed by atoms with E-state index in [0.29, 0.717) is 20.9 Å². The van der Waals surface area contributed by atoms with Crippen LogP contribution in [0.15, 0.2) is 73.8 Å². The molecule has 0 bridgehead atoms. The molecule has 0 amide bonds. The number of benzene rings is 2. The van der Waals surface area contributed by atoms with Crippen LogP contribution in [-0.4, -0.2) is 0 Å². The van der Waals surface area contributed by atoms with Crippen molar-refractivity contribution in [1.29, 1.82) is 0 Å². The third-order valence-corrected chi connectivity index (χ3v) is 3.92. The van der Waals surface area contributed by atoms with Gasteiger partial charge in [0.2, 0.25) is 5.43 Å². The van der Waals surface area contributed by atoms with Crippen LogP contribution in [0, 0.1) is 0 Å². The molecule has 0 aliphatic carbocycles. The molecule has 2 nitrogen and oxygen atoms in total. The van der Waals surface area contributed by atoms with Gasteiger partial charge in [-0.25, -0.2) is 0 Å². The molecule has 0 spiro atoms. The fraction of sp³-hybridized carbons (Fsp3) is 0. The second-order valence-electron chi connectivity index (χ2n) is 3.98. The molecule has 0 saturated carbocycles. The summed E-state index contributed by atoms with van der Waals surface area (Å²) >= 11 is 7.30. The van der Waals surface area contributed by atoms with E-state index in [1.807, 2.05) is 30.3 Å². The van der Waals surface area contributed by atoms with Gasteiger partial charge in [0.05, 0.1) is 10.3 Å². The summed E-state index contributed by atoms with van der Waals surface area (Å²) in [4.78, 5) is 13.9. The van der Waals surface area contributed by atoms with Crippen LogP contribution in [0.2, 0.25) is 5.02 Å². The minimum Gasteiger partial charge on any atom is -0.463 e. The number of halogens is 1. The highest BCUT2D eigenvalue weighted by Crippen LogP contribution is 2.27. The van der Waals surface area contributed by atoms with E-state index < -0.39 is 0 Å². The highest BCUT2D eigenvalue weighted by Gasteiger charge is 2.08. The summed E-state index contributed by atoms with van der Waals surface area (Å²) in [6.07, 6.45) is 1.50. The molecule has 94 valence electrons. The van der Waals surface area contributed by atoms with Gasteiger partial charge in [0.15, 0.2) is 0 Å². The summed E-state index contributed by atoms with van der Waals surface area (Å²) in [5.41, 5.74) is 0.490. The van der Waals surface area contributed by atoms with Crippen molar-refractivity contribution in [2.45, 2.75) is 9.79 Å². The van der Waals surface area contributed by atoms with E-state index in [2.05, 4.69) is 0 Å². The van der Waals surface area contributed by atoms with Crippen LogP contribution in [0.5, 0.6) is 0 Å². The van der Waals surface area contributed by atoms with Gasteiger partial charge >= 0.3 is 0 Å². The van der Waals surface area contributed by atoms with Crippen molar-refractivity contribution in [3.63, 3.8) is 0 Å². The molecule has 0 aliphatic heterocycles. The summed E-state index contributed by atoms with van der Waals surface area (Å²) in [6.45, 7) is 0. The maximum absolute atomic E-state index is 12.3. The van der Waals surface area contributed by atoms with Crippen molar-refractivity contribution in [3.8, 4) is 0 Å². The molecule has 1 heterocycles. The molecule has 0 aliphatic rings. The molecule has 2 aromatic carbocycles. The molecule has 1 aromatic heterocycles. The lowest BCUT2D eigenvalue weighted by Gasteiger charge is -2.02. The minimum absolute atomic E-state index is 0.0578. The van der Waals surface area contributed by atoms with Gasteiger partial charge in [-0.15, -0.1) is 0 Å². The predicted molar refractivity (Wildman–Crippen MR) is 78.1 cm³/mol. The van der Waals surface area contributed by atoms with Crippen LogP contribution in [-0.2, 0) is 0 Å². The van der Waals surface area contributed by atoms with Crippen molar-refractivity contribution in [2.24, 2.45) is 0 Å². The lowest BCUT2D eigenvalue weighted by molar-refractivity contribution is 0.587. The van der Waals surface area contributed by atoms with E-state index >= 15 is 0 Å². The van der Waals surface area contributed by atoms with Gasteiger partial charge in [0.1, 0.15) is 11.8 Å². The van der Waals surface area contributed by atoms with Crippen LogP contribution in [0.3, 0.4) is 0 Å². The van der Waals surface area contributed by atoms with Gasteiger partial charge in [0.25, 0.3) is 0 Å². The van der Waals surface area contributed by atoms with Gasteiger partial charge in [-0.05, 0) is 30.3 Å². The Morgan fingerprint density at radius 3 is 2.63 bits per heavy atom. The van der Waals surface area contributed by atoms with Crippen molar-refractivity contribution >= 4 is 34.3 Å². The van der Waals surface area contributed by atoms with Gasteiger partial charge in [-0.1, -0.05) is 41.6 Å². The summed E-state index contributed by atoms with van der Waals surface area (Å²) < 4.78 is 5.47. The highest BCUT2D eigenvalue weighted by atomic mass is 35.5. The Morgan fingerprint density at radius 1 is 1.05 bits per heavy atom. The molecular weight excluding hydrogens is 280 g/mol. The Bertz CT molecular complexity index is 781. The van der Waals surface area contributed by atoms with E-state index in [-0.39, 0.29) is 5.43 Å². The first-order valence-corrected chi connectivity index (χ1v) is 6.87. The van der Waals surface area contributed by atoms with Gasteiger partial charge in [-0.3, -0.25) is 4.79 Å². The van der Waals surface area contributed by atoms with Crippen molar-refractivity contribution in [1.82, 2.24) is 0 Å². The smallest absolute Gasteiger partial charge is 0.206 e. The van der Waals surface area contributed by atoms with Crippen LogP contribution in [0.1, 0.15) is 0 Å². The van der Waals surface area contributed by atoms with Crippen molar-refractivity contribution in [3.05, 3.63) is 70.0 Å². The van der Waals surface area contributed by atoms with E-state index in [1.165, 1.54) is 18.0 Å². The molecule has 0 saturated heterocycles. The SMILES string of the molecule is O=c1c(Sc2ccccc2)coc2ccc(Cl)cc12. The zero-order valence-corrected chi connectivity index (χ0v) is 11.4. The van der Waals surface area contributed by atoms with E-state index in [1.54, 1.807) is 18.2 Å². The number of fused-ring (bicyclic) bond motifs is 1. The monoisotopic (exact) mass is 288 g/mol. The third kappa shape index (κ3) is 2.53. The number of hydrogen-bond acceptors (Lipinski definition) is 3. The lowest BCUT2D eigenvalue weighted by atomic mass is 10.2. The molecule has 3 aromatic rings. The second kappa shape index (κ2) is 5.11. The van der Waals surface area contributed by atoms with Crippen LogP contribution in [0.25, 0.3) is 11.0 Å². The average Bonchev–Trinajstić information content (AvgIpc) is 2.44. The fourth-order valence-corrected chi connectivity index (χ4v) is 2.79. The standard InChI is InChI=1S/C15H9ClO2S/c16-10-6-7-13-12(8-10)15(17)14(9-18-13)19-11-4-2-1-3-5-11/h1-9H. The summed E-state index contributed by atoms with van der Waals surface area (Å²) in [6, 6.07) is 14.7. The first kappa shape index (κ1) is 12.3. The van der Waals surface area contributed by atoms with Crippen molar-refractivity contribution < 1.29 is 4.42 Å². The molecule has 4 heteroatoms. The van der Waals surface area contributed by atoms with Gasteiger partial charge < -0.3 is 4.42 Å². The first-order valence-electron chi connectivity index (χ1n) is 5.68. The first-order chi connectivity index (χ1) is 9.24. The van der Waals surface area contributed by atoms with Crippen LogP contribution < -0.4 is 5.43 Å². The van der Waals surface area contributed by atoms with E-state index in [0.717, 1.165) is 4.90 Å². The maximum atomic E-state index is 12.3. The van der Waals surface area contributed by atoms with E-state index in [4.69, 9.17) is 16.0 Å². The normalized spacial score (nSPS) is 10.8. The predicted octanol–water partition coefficient (Wildman–Crippen LogP) is 4.60. The molecule has 0 unspecified atom stereocenters.